The number of anilines is 1. The van der Waals surface area contributed by atoms with E-state index in [0.29, 0.717) is 29.1 Å². The van der Waals surface area contributed by atoms with Crippen LogP contribution in [0.2, 0.25) is 0 Å². The van der Waals surface area contributed by atoms with Crippen LogP contribution in [-0.2, 0) is 11.2 Å². The largest absolute Gasteiger partial charge is 0.449 e. The molecule has 138 valence electrons. The summed E-state index contributed by atoms with van der Waals surface area (Å²) in [5.41, 5.74) is 1.61. The number of hydrogen-bond acceptors (Lipinski definition) is 5. The lowest BCUT2D eigenvalue weighted by atomic mass is 10.0. The summed E-state index contributed by atoms with van der Waals surface area (Å²) in [6.45, 7) is 1.75. The van der Waals surface area contributed by atoms with Gasteiger partial charge >= 0.3 is 0 Å². The Morgan fingerprint density at radius 1 is 1.19 bits per heavy atom. The van der Waals surface area contributed by atoms with E-state index >= 15 is 0 Å². The van der Waals surface area contributed by atoms with Gasteiger partial charge in [0.15, 0.2) is 5.78 Å². The molecule has 0 saturated heterocycles. The molecule has 0 radical (unpaired) electrons. The molecule has 1 amide bonds. The van der Waals surface area contributed by atoms with Crippen molar-refractivity contribution >= 4 is 17.4 Å². The number of Topliss-reactive ketones (excluding diaryl/α,β-unsaturated/α-hetero) is 1. The molecule has 0 aliphatic carbocycles. The van der Waals surface area contributed by atoms with Crippen LogP contribution in [0.3, 0.4) is 0 Å². The topological polar surface area (TPSA) is 76.3 Å². The average Bonchev–Trinajstić information content (AvgIpc) is 3.19. The Hall–Kier alpha value is -3.35. The normalized spacial score (nSPS) is 10.6. The van der Waals surface area contributed by atoms with Gasteiger partial charge in [0.25, 0.3) is 0 Å². The minimum absolute atomic E-state index is 0.0141. The van der Waals surface area contributed by atoms with Crippen molar-refractivity contribution in [2.75, 3.05) is 11.9 Å². The maximum atomic E-state index is 14.5. The summed E-state index contributed by atoms with van der Waals surface area (Å²) in [5, 5.41) is 0. The van der Waals surface area contributed by atoms with Crippen molar-refractivity contribution in [3.63, 3.8) is 0 Å². The first-order valence-electron chi connectivity index (χ1n) is 8.43. The van der Waals surface area contributed by atoms with Crippen LogP contribution in [0, 0.1) is 5.82 Å². The lowest BCUT2D eigenvalue weighted by Gasteiger charge is -2.17. The number of benzene rings is 1. The summed E-state index contributed by atoms with van der Waals surface area (Å²) in [6.07, 6.45) is 4.67. The number of hydrogen-bond donors (Lipinski definition) is 0. The Labute approximate surface area is 155 Å². The number of carbonyl (C=O) groups is 2. The van der Waals surface area contributed by atoms with Crippen molar-refractivity contribution in [3.05, 3.63) is 66.4 Å². The number of nitrogens with zero attached hydrogens (tertiary/aromatic N) is 3. The van der Waals surface area contributed by atoms with Gasteiger partial charge in [-0.1, -0.05) is 13.0 Å². The predicted molar refractivity (Wildman–Crippen MR) is 97.9 cm³/mol. The molecule has 0 unspecified atom stereocenters. The number of halogens is 1. The molecule has 0 bridgehead atoms. The Kier molecular flexibility index (Phi) is 5.40. The smallest absolute Gasteiger partial charge is 0.226 e. The molecule has 0 fully saturated rings. The molecule has 0 aliphatic heterocycles. The molecule has 3 aromatic rings. The third-order valence-corrected chi connectivity index (χ3v) is 4.17. The molecule has 0 atom stereocenters. The maximum Gasteiger partial charge on any atom is 0.226 e. The second-order valence-electron chi connectivity index (χ2n) is 5.93. The second kappa shape index (κ2) is 7.90. The zero-order valence-corrected chi connectivity index (χ0v) is 15.0. The maximum absolute atomic E-state index is 14.5. The van der Waals surface area contributed by atoms with Gasteiger partial charge in [-0.2, -0.15) is 0 Å². The van der Waals surface area contributed by atoms with Gasteiger partial charge in [-0.3, -0.25) is 14.6 Å². The van der Waals surface area contributed by atoms with Gasteiger partial charge in [0.1, 0.15) is 17.8 Å². The number of oxazole rings is 1. The molecule has 3 rings (SSSR count). The summed E-state index contributed by atoms with van der Waals surface area (Å²) in [4.78, 5) is 33.4. The first-order chi connectivity index (χ1) is 13.0. The van der Waals surface area contributed by atoms with Crippen molar-refractivity contribution < 1.29 is 18.4 Å². The van der Waals surface area contributed by atoms with Gasteiger partial charge in [0.05, 0.1) is 12.6 Å². The molecule has 0 aliphatic rings. The number of aromatic nitrogens is 2. The third kappa shape index (κ3) is 4.08. The van der Waals surface area contributed by atoms with E-state index < -0.39 is 5.82 Å². The van der Waals surface area contributed by atoms with Crippen molar-refractivity contribution in [1.29, 1.82) is 0 Å². The fourth-order valence-electron chi connectivity index (χ4n) is 2.61. The predicted octanol–water partition coefficient (Wildman–Crippen LogP) is 3.67. The summed E-state index contributed by atoms with van der Waals surface area (Å²) in [5.74, 6) is -0.487. The van der Waals surface area contributed by atoms with Crippen LogP contribution in [0.25, 0.3) is 11.1 Å². The number of carbonyl (C=O) groups excluding carboxylic acids is 2. The molecule has 2 heterocycles. The zero-order valence-electron chi connectivity index (χ0n) is 15.0. The Morgan fingerprint density at radius 3 is 2.59 bits per heavy atom. The average molecular weight is 367 g/mol. The third-order valence-electron chi connectivity index (χ3n) is 4.17. The monoisotopic (exact) mass is 367 g/mol. The quantitative estimate of drug-likeness (QED) is 0.621. The summed E-state index contributed by atoms with van der Waals surface area (Å²) in [7, 11) is 1.61. The van der Waals surface area contributed by atoms with E-state index in [1.165, 1.54) is 29.6 Å². The Morgan fingerprint density at radius 2 is 2.00 bits per heavy atom. The molecular weight excluding hydrogens is 349 g/mol. The highest BCUT2D eigenvalue weighted by Crippen LogP contribution is 2.26. The van der Waals surface area contributed by atoms with Gasteiger partial charge in [0.2, 0.25) is 11.8 Å². The number of rotatable bonds is 6. The highest BCUT2D eigenvalue weighted by Gasteiger charge is 2.14. The first kappa shape index (κ1) is 18.4. The van der Waals surface area contributed by atoms with E-state index in [2.05, 4.69) is 9.97 Å². The molecule has 1 aromatic carbocycles. The van der Waals surface area contributed by atoms with E-state index in [9.17, 15) is 14.0 Å². The van der Waals surface area contributed by atoms with Crippen LogP contribution >= 0.6 is 0 Å². The van der Waals surface area contributed by atoms with E-state index in [-0.39, 0.29) is 23.8 Å². The standard InChI is InChI=1S/C20H18FN3O3/c1-3-20(26)24(2)14-5-6-15(16(21)10-14)13-4-7-17(23-12-13)18(25)11-19-22-8-9-27-19/h4-10,12H,3,11H2,1-2H3. The van der Waals surface area contributed by atoms with E-state index in [0.717, 1.165) is 0 Å². The Balaban J connectivity index is 1.78. The van der Waals surface area contributed by atoms with Gasteiger partial charge < -0.3 is 9.32 Å². The summed E-state index contributed by atoms with van der Waals surface area (Å²) < 4.78 is 19.6. The molecular formula is C20H18FN3O3. The molecule has 0 saturated carbocycles. The molecule has 27 heavy (non-hydrogen) atoms. The first-order valence-corrected chi connectivity index (χ1v) is 8.43. The van der Waals surface area contributed by atoms with E-state index in [1.54, 1.807) is 38.2 Å². The lowest BCUT2D eigenvalue weighted by Crippen LogP contribution is -2.25. The fraction of sp³-hybridized carbons (Fsp3) is 0.200. The molecule has 0 spiro atoms. The highest BCUT2D eigenvalue weighted by atomic mass is 19.1. The second-order valence-corrected chi connectivity index (χ2v) is 5.93. The minimum Gasteiger partial charge on any atom is -0.449 e. The van der Waals surface area contributed by atoms with Crippen molar-refractivity contribution in [3.8, 4) is 11.1 Å². The summed E-state index contributed by atoms with van der Waals surface area (Å²) in [6, 6.07) is 7.75. The number of ketones is 1. The van der Waals surface area contributed by atoms with Gasteiger partial charge in [0, 0.05) is 36.5 Å². The fourth-order valence-corrected chi connectivity index (χ4v) is 2.61. The summed E-state index contributed by atoms with van der Waals surface area (Å²) >= 11 is 0. The van der Waals surface area contributed by atoms with Crippen LogP contribution in [0.4, 0.5) is 10.1 Å². The Bertz CT molecular complexity index is 953. The van der Waals surface area contributed by atoms with Crippen LogP contribution in [0.5, 0.6) is 0 Å². The molecule has 2 aromatic heterocycles. The molecule has 7 heteroatoms. The number of pyridine rings is 1. The van der Waals surface area contributed by atoms with E-state index in [1.807, 2.05) is 0 Å². The van der Waals surface area contributed by atoms with Crippen molar-refractivity contribution in [2.45, 2.75) is 19.8 Å². The zero-order chi connectivity index (χ0) is 19.4. The molecule has 6 nitrogen and oxygen atoms in total. The van der Waals surface area contributed by atoms with Gasteiger partial charge in [-0.25, -0.2) is 9.37 Å². The van der Waals surface area contributed by atoms with E-state index in [4.69, 9.17) is 4.42 Å². The molecule has 0 N–H and O–H groups in total. The van der Waals surface area contributed by atoms with Crippen LogP contribution in [0.15, 0.2) is 53.4 Å². The van der Waals surface area contributed by atoms with Crippen LogP contribution < -0.4 is 4.90 Å². The van der Waals surface area contributed by atoms with Crippen molar-refractivity contribution in [2.24, 2.45) is 0 Å². The van der Waals surface area contributed by atoms with Crippen LogP contribution in [-0.4, -0.2) is 28.7 Å². The SMILES string of the molecule is CCC(=O)N(C)c1ccc(-c2ccc(C(=O)Cc3ncco3)nc2)c(F)c1. The van der Waals surface area contributed by atoms with Crippen molar-refractivity contribution in [1.82, 2.24) is 9.97 Å². The number of amides is 1. The van der Waals surface area contributed by atoms with Gasteiger partial charge in [-0.05, 0) is 24.3 Å². The van der Waals surface area contributed by atoms with Crippen LogP contribution in [0.1, 0.15) is 29.7 Å². The lowest BCUT2D eigenvalue weighted by molar-refractivity contribution is -0.118. The minimum atomic E-state index is -0.469. The highest BCUT2D eigenvalue weighted by molar-refractivity contribution is 5.95. The van der Waals surface area contributed by atoms with Gasteiger partial charge in [-0.15, -0.1) is 0 Å².